The van der Waals surface area contributed by atoms with Crippen molar-refractivity contribution in [1.82, 2.24) is 9.78 Å². The summed E-state index contributed by atoms with van der Waals surface area (Å²) in [6.45, 7) is 2.12. The Labute approximate surface area is 98.2 Å². The second-order valence-electron chi connectivity index (χ2n) is 2.89. The zero-order valence-electron chi connectivity index (χ0n) is 7.88. The van der Waals surface area contributed by atoms with E-state index in [4.69, 9.17) is 0 Å². The number of nitrogens with zero attached hydrogens (tertiary/aromatic N) is 2. The van der Waals surface area contributed by atoms with Crippen molar-refractivity contribution in [2.45, 2.75) is 13.3 Å². The van der Waals surface area contributed by atoms with Gasteiger partial charge in [0, 0.05) is 27.3 Å². The van der Waals surface area contributed by atoms with Gasteiger partial charge in [-0.25, -0.2) is 0 Å². The van der Waals surface area contributed by atoms with E-state index in [2.05, 4.69) is 18.1 Å². The molecule has 1 aromatic heterocycles. The molecule has 0 bridgehead atoms. The fourth-order valence-corrected chi connectivity index (χ4v) is 1.20. The molecule has 0 saturated carbocycles. The van der Waals surface area contributed by atoms with Crippen LogP contribution in [0.5, 0.6) is 0 Å². The fourth-order valence-electron chi connectivity index (χ4n) is 1.20. The fraction of sp³-hybridized carbons (Fsp3) is 0.182. The first-order chi connectivity index (χ1) is 6.40. The molecule has 2 aromatic rings. The van der Waals surface area contributed by atoms with Crippen molar-refractivity contribution in [1.29, 1.82) is 0 Å². The minimum absolute atomic E-state index is 0. The molecule has 1 aromatic carbocycles. The molecule has 0 N–H and O–H groups in total. The van der Waals surface area contributed by atoms with Gasteiger partial charge in [-0.15, -0.1) is 6.07 Å². The number of aromatic nitrogens is 2. The molecular formula is C11H11N2Pt-. The summed E-state index contributed by atoms with van der Waals surface area (Å²) in [7, 11) is 0. The molecule has 0 atom stereocenters. The van der Waals surface area contributed by atoms with Gasteiger partial charge in [0.15, 0.2) is 0 Å². The van der Waals surface area contributed by atoms with Crippen molar-refractivity contribution in [3.05, 3.63) is 48.3 Å². The Balaban J connectivity index is 0.000000980. The second kappa shape index (κ2) is 5.11. The number of rotatable bonds is 2. The second-order valence-corrected chi connectivity index (χ2v) is 2.89. The number of hydrogen-bond donors (Lipinski definition) is 0. The zero-order chi connectivity index (χ0) is 9.10. The summed E-state index contributed by atoms with van der Waals surface area (Å²) in [5.41, 5.74) is 2.24. The van der Waals surface area contributed by atoms with Crippen molar-refractivity contribution in [3.63, 3.8) is 0 Å². The van der Waals surface area contributed by atoms with Crippen LogP contribution >= 0.6 is 0 Å². The summed E-state index contributed by atoms with van der Waals surface area (Å²) < 4.78 is 1.85. The van der Waals surface area contributed by atoms with E-state index in [1.54, 1.807) is 0 Å². The summed E-state index contributed by atoms with van der Waals surface area (Å²) in [6.07, 6.45) is 4.94. The first kappa shape index (κ1) is 11.2. The van der Waals surface area contributed by atoms with Gasteiger partial charge in [-0.3, -0.25) is 4.68 Å². The molecule has 2 nitrogen and oxygen atoms in total. The van der Waals surface area contributed by atoms with E-state index in [0.29, 0.717) is 0 Å². The Morgan fingerprint density at radius 1 is 1.43 bits per heavy atom. The molecular weight excluding hydrogens is 355 g/mol. The van der Waals surface area contributed by atoms with E-state index < -0.39 is 0 Å². The summed E-state index contributed by atoms with van der Waals surface area (Å²) in [5.74, 6) is 0. The normalized spacial score (nSPS) is 9.50. The molecule has 0 spiro atoms. The van der Waals surface area contributed by atoms with E-state index in [9.17, 15) is 0 Å². The maximum absolute atomic E-state index is 4.24. The molecule has 0 unspecified atom stereocenters. The number of hydrogen-bond acceptors (Lipinski definition) is 1. The molecule has 0 saturated heterocycles. The van der Waals surface area contributed by atoms with E-state index >= 15 is 0 Å². The standard InChI is InChI=1S/C11H11N2.Pt/c1-2-10-8-12-13(9-10)11-6-4-3-5-7-11;/h3-6,8-9H,2H2,1H3;/q-1;. The van der Waals surface area contributed by atoms with E-state index in [-0.39, 0.29) is 21.1 Å². The maximum Gasteiger partial charge on any atom is 0.0525 e. The van der Waals surface area contributed by atoms with E-state index in [1.165, 1.54) is 5.56 Å². The average Bonchev–Trinajstić information content (AvgIpc) is 2.67. The van der Waals surface area contributed by atoms with Gasteiger partial charge >= 0.3 is 0 Å². The molecule has 0 aliphatic heterocycles. The van der Waals surface area contributed by atoms with Crippen molar-refractivity contribution in [2.75, 3.05) is 0 Å². The van der Waals surface area contributed by atoms with Crippen LogP contribution in [0.2, 0.25) is 0 Å². The molecule has 2 rings (SSSR count). The van der Waals surface area contributed by atoms with Crippen molar-refractivity contribution >= 4 is 0 Å². The van der Waals surface area contributed by atoms with E-state index in [0.717, 1.165) is 12.1 Å². The molecule has 0 radical (unpaired) electrons. The van der Waals surface area contributed by atoms with Crippen LogP contribution in [-0.4, -0.2) is 9.78 Å². The Kier molecular flexibility index (Phi) is 4.09. The molecule has 0 aliphatic rings. The third-order valence-corrected chi connectivity index (χ3v) is 1.98. The molecule has 14 heavy (non-hydrogen) atoms. The topological polar surface area (TPSA) is 17.8 Å². The van der Waals surface area contributed by atoms with Crippen LogP contribution in [0, 0.1) is 6.07 Å². The predicted molar refractivity (Wildman–Crippen MR) is 51.8 cm³/mol. The van der Waals surface area contributed by atoms with Crippen LogP contribution in [0.1, 0.15) is 12.5 Å². The summed E-state index contributed by atoms with van der Waals surface area (Å²) in [5, 5.41) is 4.24. The van der Waals surface area contributed by atoms with Crippen LogP contribution in [0.15, 0.2) is 36.7 Å². The van der Waals surface area contributed by atoms with Gasteiger partial charge in [0.1, 0.15) is 0 Å². The molecule has 1 heterocycles. The number of aryl methyl sites for hydroxylation is 1. The number of benzene rings is 1. The number of para-hydroxylation sites is 1. The Hall–Kier alpha value is -0.882. The predicted octanol–water partition coefficient (Wildman–Crippen LogP) is 2.23. The quantitative estimate of drug-likeness (QED) is 0.746. The monoisotopic (exact) mass is 366 g/mol. The van der Waals surface area contributed by atoms with Gasteiger partial charge < -0.3 is 0 Å². The van der Waals surface area contributed by atoms with Gasteiger partial charge in [-0.2, -0.15) is 29.4 Å². The maximum atomic E-state index is 4.24. The summed E-state index contributed by atoms with van der Waals surface area (Å²) in [4.78, 5) is 0. The largest absolute Gasteiger partial charge is 0.265 e. The SMILES string of the molecule is CCc1cnn(-c2[c-]cccc2)c1.[Pt]. The third kappa shape index (κ3) is 2.33. The minimum atomic E-state index is 0. The third-order valence-electron chi connectivity index (χ3n) is 1.98. The minimum Gasteiger partial charge on any atom is -0.265 e. The molecule has 0 aliphatic carbocycles. The molecule has 0 fully saturated rings. The van der Waals surface area contributed by atoms with Crippen LogP contribution in [0.3, 0.4) is 0 Å². The van der Waals surface area contributed by atoms with Crippen molar-refractivity contribution in [3.8, 4) is 5.69 Å². The van der Waals surface area contributed by atoms with Crippen LogP contribution in [0.25, 0.3) is 5.69 Å². The molecule has 76 valence electrons. The summed E-state index contributed by atoms with van der Waals surface area (Å²) >= 11 is 0. The Bertz CT molecular complexity index is 381. The van der Waals surface area contributed by atoms with Gasteiger partial charge in [0.2, 0.25) is 0 Å². The Morgan fingerprint density at radius 2 is 2.29 bits per heavy atom. The average molecular weight is 366 g/mol. The van der Waals surface area contributed by atoms with Crippen LogP contribution < -0.4 is 0 Å². The van der Waals surface area contributed by atoms with Gasteiger partial charge in [0.25, 0.3) is 0 Å². The van der Waals surface area contributed by atoms with Gasteiger partial charge in [0.05, 0.1) is 6.20 Å². The Morgan fingerprint density at radius 3 is 2.86 bits per heavy atom. The van der Waals surface area contributed by atoms with Crippen molar-refractivity contribution < 1.29 is 21.1 Å². The van der Waals surface area contributed by atoms with Gasteiger partial charge in [-0.05, 0) is 17.7 Å². The summed E-state index contributed by atoms with van der Waals surface area (Å²) in [6, 6.07) is 10.9. The van der Waals surface area contributed by atoms with Crippen LogP contribution in [-0.2, 0) is 27.5 Å². The van der Waals surface area contributed by atoms with E-state index in [1.807, 2.05) is 41.3 Å². The molecule has 3 heteroatoms. The smallest absolute Gasteiger partial charge is 0.0525 e. The van der Waals surface area contributed by atoms with Crippen LogP contribution in [0.4, 0.5) is 0 Å². The first-order valence-corrected chi connectivity index (χ1v) is 4.41. The van der Waals surface area contributed by atoms with Crippen molar-refractivity contribution in [2.24, 2.45) is 0 Å². The zero-order valence-corrected chi connectivity index (χ0v) is 10.2. The molecule has 0 amide bonds. The first-order valence-electron chi connectivity index (χ1n) is 4.41. The van der Waals surface area contributed by atoms with Gasteiger partial charge in [-0.1, -0.05) is 6.92 Å².